The van der Waals surface area contributed by atoms with Crippen LogP contribution in [-0.2, 0) is 17.8 Å². The molecule has 8 nitrogen and oxygen atoms in total. The van der Waals surface area contributed by atoms with E-state index in [-0.39, 0.29) is 23.9 Å². The summed E-state index contributed by atoms with van der Waals surface area (Å²) in [5.74, 6) is 1.59. The Morgan fingerprint density at radius 3 is 2.59 bits per heavy atom. The maximum absolute atomic E-state index is 13.3. The third kappa shape index (κ3) is 6.96. The number of piperidine rings is 1. The zero-order valence-electron chi connectivity index (χ0n) is 24.6. The highest BCUT2D eigenvalue weighted by Crippen LogP contribution is 2.32. The van der Waals surface area contributed by atoms with Gasteiger partial charge in [0.05, 0.1) is 12.3 Å². The van der Waals surface area contributed by atoms with Gasteiger partial charge in [-0.05, 0) is 80.7 Å². The van der Waals surface area contributed by atoms with E-state index in [0.717, 1.165) is 53.8 Å². The highest BCUT2D eigenvalue weighted by atomic mass is 32.2. The smallest absolute Gasteiger partial charge is 0.317 e. The molecular formula is C32H41N5O3S. The molecule has 3 aromatic rings. The molecule has 5 rings (SSSR count). The fourth-order valence-electron chi connectivity index (χ4n) is 5.68. The number of nitrogens with one attached hydrogen (secondary N) is 2. The summed E-state index contributed by atoms with van der Waals surface area (Å²) in [6.07, 6.45) is 2.76. The van der Waals surface area contributed by atoms with Gasteiger partial charge in [0.15, 0.2) is 4.90 Å². The maximum Gasteiger partial charge on any atom is 0.317 e. The van der Waals surface area contributed by atoms with E-state index in [1.807, 2.05) is 35.2 Å². The third-order valence-corrected chi connectivity index (χ3v) is 9.57. The maximum atomic E-state index is 13.3. The van der Waals surface area contributed by atoms with E-state index in [1.165, 1.54) is 0 Å². The first kappa shape index (κ1) is 29.2. The number of amides is 2. The Morgan fingerprint density at radius 1 is 1.07 bits per heavy atom. The number of ether oxygens (including phenoxy) is 1. The van der Waals surface area contributed by atoms with E-state index in [1.54, 1.807) is 0 Å². The van der Waals surface area contributed by atoms with E-state index in [0.29, 0.717) is 35.8 Å². The van der Waals surface area contributed by atoms with Gasteiger partial charge in [-0.15, -0.1) is 0 Å². The lowest BCUT2D eigenvalue weighted by molar-refractivity contribution is 0.0879. The first-order valence-corrected chi connectivity index (χ1v) is 15.7. The molecule has 2 aliphatic rings. The van der Waals surface area contributed by atoms with Gasteiger partial charge in [0.2, 0.25) is 5.88 Å². The van der Waals surface area contributed by atoms with Crippen molar-refractivity contribution in [3.05, 3.63) is 65.2 Å². The lowest BCUT2D eigenvalue weighted by atomic mass is 9.82. The van der Waals surface area contributed by atoms with E-state index in [2.05, 4.69) is 67.8 Å². The summed E-state index contributed by atoms with van der Waals surface area (Å²) in [5, 5.41) is 3.17. The van der Waals surface area contributed by atoms with Crippen molar-refractivity contribution in [2.75, 3.05) is 24.4 Å². The van der Waals surface area contributed by atoms with Crippen molar-refractivity contribution in [3.63, 3.8) is 0 Å². The molecule has 4 atom stereocenters. The summed E-state index contributed by atoms with van der Waals surface area (Å²) >= 11 is -1.53. The zero-order chi connectivity index (χ0) is 29.1. The third-order valence-electron chi connectivity index (χ3n) is 8.52. The monoisotopic (exact) mass is 575 g/mol. The molecule has 218 valence electrons. The molecule has 9 heteroatoms. The molecule has 2 amide bonds. The number of carbonyl (C=O) groups is 1. The minimum absolute atomic E-state index is 0.00919. The van der Waals surface area contributed by atoms with Crippen LogP contribution in [0.15, 0.2) is 53.4 Å². The SMILES string of the molecule is Cc1cccc(C)c1-c1cc2nc(n1)N[S+]([O-])c1cccc(c1)CCC1CCN(C(=O)NC(C)C(C)C)C[C@@H]1CO2. The van der Waals surface area contributed by atoms with Gasteiger partial charge in [0, 0.05) is 36.7 Å². The molecule has 1 saturated heterocycles. The second-order valence-corrected chi connectivity index (χ2v) is 13.0. The topological polar surface area (TPSA) is 102 Å². The molecular weight excluding hydrogens is 534 g/mol. The van der Waals surface area contributed by atoms with Crippen molar-refractivity contribution in [1.29, 1.82) is 0 Å². The normalized spacial score (nSPS) is 21.6. The van der Waals surface area contributed by atoms with Crippen molar-refractivity contribution in [1.82, 2.24) is 20.2 Å². The highest BCUT2D eigenvalue weighted by Gasteiger charge is 2.33. The number of carbonyl (C=O) groups excluding carboxylic acids is 1. The number of nitrogens with zero attached hydrogens (tertiary/aromatic N) is 3. The van der Waals surface area contributed by atoms with E-state index in [4.69, 9.17) is 9.72 Å². The number of rotatable bonds is 3. The molecule has 41 heavy (non-hydrogen) atoms. The number of aromatic nitrogens is 2. The Bertz CT molecular complexity index is 1360. The number of anilines is 1. The number of aryl methyl sites for hydroxylation is 3. The summed E-state index contributed by atoms with van der Waals surface area (Å²) in [4.78, 5) is 25.1. The molecule has 1 fully saturated rings. The van der Waals surface area contributed by atoms with Crippen LogP contribution >= 0.6 is 0 Å². The predicted molar refractivity (Wildman–Crippen MR) is 163 cm³/mol. The Labute approximate surface area is 246 Å². The lowest BCUT2D eigenvalue weighted by Gasteiger charge is -2.39. The number of likely N-dealkylation sites (tertiary alicyclic amines) is 1. The Balaban J connectivity index is 1.47. The number of benzene rings is 2. The van der Waals surface area contributed by atoms with E-state index < -0.39 is 11.4 Å². The van der Waals surface area contributed by atoms with Crippen LogP contribution in [0.4, 0.5) is 10.7 Å². The fraction of sp³-hybridized carbons (Fsp3) is 0.469. The Kier molecular flexibility index (Phi) is 9.04. The fourth-order valence-corrected chi connectivity index (χ4v) is 6.52. The van der Waals surface area contributed by atoms with E-state index in [9.17, 15) is 9.35 Å². The van der Waals surface area contributed by atoms with Gasteiger partial charge in [-0.3, -0.25) is 0 Å². The second-order valence-electron chi connectivity index (χ2n) is 11.8. The van der Waals surface area contributed by atoms with Crippen molar-refractivity contribution in [3.8, 4) is 17.1 Å². The largest absolute Gasteiger partial charge is 0.588 e. The number of hydrogen-bond acceptors (Lipinski definition) is 6. The number of fused-ring (bicyclic) bond motifs is 5. The lowest BCUT2D eigenvalue weighted by Crippen LogP contribution is -2.51. The van der Waals surface area contributed by atoms with Gasteiger partial charge in [-0.1, -0.05) is 44.2 Å². The average molecular weight is 576 g/mol. The van der Waals surface area contributed by atoms with Gasteiger partial charge in [-0.2, -0.15) is 9.71 Å². The summed E-state index contributed by atoms with van der Waals surface area (Å²) in [6.45, 7) is 12.2. The van der Waals surface area contributed by atoms with Gasteiger partial charge < -0.3 is 19.5 Å². The van der Waals surface area contributed by atoms with Crippen LogP contribution < -0.4 is 14.8 Å². The van der Waals surface area contributed by atoms with Crippen LogP contribution in [0.5, 0.6) is 5.88 Å². The molecule has 2 aromatic carbocycles. The van der Waals surface area contributed by atoms with Crippen molar-refractivity contribution < 1.29 is 14.1 Å². The van der Waals surface area contributed by atoms with Crippen LogP contribution in [0.3, 0.4) is 0 Å². The second kappa shape index (κ2) is 12.7. The van der Waals surface area contributed by atoms with Crippen LogP contribution in [-0.4, -0.2) is 51.2 Å². The van der Waals surface area contributed by atoms with Gasteiger partial charge >= 0.3 is 6.03 Å². The molecule has 0 saturated carbocycles. The molecule has 1 aromatic heterocycles. The first-order chi connectivity index (χ1) is 19.7. The molecule has 0 spiro atoms. The van der Waals surface area contributed by atoms with Crippen LogP contribution in [0.2, 0.25) is 0 Å². The van der Waals surface area contributed by atoms with Crippen molar-refractivity contribution in [2.24, 2.45) is 17.8 Å². The number of urea groups is 1. The van der Waals surface area contributed by atoms with Gasteiger partial charge in [0.25, 0.3) is 5.95 Å². The van der Waals surface area contributed by atoms with Crippen LogP contribution in [0, 0.1) is 31.6 Å². The average Bonchev–Trinajstić information content (AvgIpc) is 2.94. The molecule has 3 unspecified atom stereocenters. The van der Waals surface area contributed by atoms with Crippen molar-refractivity contribution in [2.45, 2.75) is 64.8 Å². The molecule has 4 bridgehead atoms. The molecule has 0 aliphatic carbocycles. The first-order valence-electron chi connectivity index (χ1n) is 14.6. The molecule has 0 radical (unpaired) electrons. The zero-order valence-corrected chi connectivity index (χ0v) is 25.5. The summed E-state index contributed by atoms with van der Waals surface area (Å²) in [7, 11) is 0. The van der Waals surface area contributed by atoms with Crippen LogP contribution in [0.1, 0.15) is 50.3 Å². The highest BCUT2D eigenvalue weighted by molar-refractivity contribution is 7.92. The minimum atomic E-state index is -1.53. The summed E-state index contributed by atoms with van der Waals surface area (Å²) in [5.41, 5.74) is 5.05. The number of hydrogen-bond donors (Lipinski definition) is 2. The molecule has 3 heterocycles. The van der Waals surface area contributed by atoms with Gasteiger partial charge in [0.1, 0.15) is 11.4 Å². The Hall–Kier alpha value is -3.30. The van der Waals surface area contributed by atoms with Gasteiger partial charge in [-0.25, -0.2) is 9.78 Å². The Morgan fingerprint density at radius 2 is 1.83 bits per heavy atom. The molecule has 2 N–H and O–H groups in total. The van der Waals surface area contributed by atoms with Crippen molar-refractivity contribution >= 4 is 23.3 Å². The summed E-state index contributed by atoms with van der Waals surface area (Å²) in [6, 6.07) is 16.0. The predicted octanol–water partition coefficient (Wildman–Crippen LogP) is 5.91. The van der Waals surface area contributed by atoms with E-state index >= 15 is 0 Å². The quantitative estimate of drug-likeness (QED) is 0.377. The minimum Gasteiger partial charge on any atom is -0.588 e. The van der Waals surface area contributed by atoms with Crippen LogP contribution in [0.25, 0.3) is 11.3 Å². The molecule has 2 aliphatic heterocycles. The standard InChI is InChI=1S/C32H41N5O3S/c1-20(2)23(5)33-32(38)37-15-14-25-13-12-24-10-7-11-27(16-24)41(39)36-31-34-28(30-21(3)8-6-9-22(30)4)17-29(35-31)40-19-26(25)18-37/h6-11,16-17,20,23,25-26H,12-15,18-19H2,1-5H3,(H,33,38)(H,34,35,36)/t23?,25?,26-,41?/m1/s1. The summed E-state index contributed by atoms with van der Waals surface area (Å²) < 4.78 is 22.7.